The fourth-order valence-electron chi connectivity index (χ4n) is 0.879. The number of aliphatic imine (C=N–C) groups is 2. The van der Waals surface area contributed by atoms with E-state index in [2.05, 4.69) is 26.7 Å². The molecule has 1 aromatic heterocycles. The van der Waals surface area contributed by atoms with Crippen molar-refractivity contribution in [3.8, 4) is 0 Å². The lowest BCUT2D eigenvalue weighted by Crippen LogP contribution is -1.78. The van der Waals surface area contributed by atoms with E-state index >= 15 is 0 Å². The Morgan fingerprint density at radius 3 is 2.67 bits per heavy atom. The van der Waals surface area contributed by atoms with Gasteiger partial charge in [-0.1, -0.05) is 0 Å². The summed E-state index contributed by atoms with van der Waals surface area (Å²) in [7, 11) is 0. The summed E-state index contributed by atoms with van der Waals surface area (Å²) in [5.74, 6) is 2.05. The fourth-order valence-corrected chi connectivity index (χ4v) is 0.879. The molecule has 0 spiro atoms. The van der Waals surface area contributed by atoms with Crippen LogP contribution in [0.4, 0.5) is 11.6 Å². The van der Waals surface area contributed by atoms with E-state index in [4.69, 9.17) is 0 Å². The van der Waals surface area contributed by atoms with Crippen molar-refractivity contribution in [2.24, 2.45) is 9.98 Å². The summed E-state index contributed by atoms with van der Waals surface area (Å²) in [5.41, 5.74) is 0.962. The number of hydrogen-bond acceptors (Lipinski definition) is 3. The predicted molar refractivity (Wildman–Crippen MR) is 51.0 cm³/mol. The van der Waals surface area contributed by atoms with Gasteiger partial charge in [0.25, 0.3) is 0 Å². The van der Waals surface area contributed by atoms with E-state index < -0.39 is 0 Å². The van der Waals surface area contributed by atoms with Gasteiger partial charge in [-0.3, -0.25) is 0 Å². The number of nitrogens with one attached hydrogen (secondary N) is 1. The summed E-state index contributed by atoms with van der Waals surface area (Å²) < 4.78 is 0. The largest absolute Gasteiger partial charge is 0.325 e. The zero-order chi connectivity index (χ0) is 9.14. The van der Waals surface area contributed by atoms with E-state index in [1.54, 1.807) is 0 Å². The zero-order valence-electron chi connectivity index (χ0n) is 7.55. The summed E-state index contributed by atoms with van der Waals surface area (Å²) in [5, 5.41) is 0. The van der Waals surface area contributed by atoms with E-state index in [-0.39, 0.29) is 0 Å². The molecule has 0 unspecified atom stereocenters. The molecule has 0 saturated heterocycles. The molecule has 0 aliphatic heterocycles. The Morgan fingerprint density at radius 1 is 1.50 bits per heavy atom. The monoisotopic (exact) mass is 164 g/mol. The highest BCUT2D eigenvalue weighted by Gasteiger charge is 2.03. The SMILES string of the molecule is C=Nc1nc(C)[nH]c1N=C(C)C. The lowest BCUT2D eigenvalue weighted by Gasteiger charge is -1.89. The number of aryl methyl sites for hydroxylation is 1. The van der Waals surface area contributed by atoms with Crippen LogP contribution in [0.2, 0.25) is 0 Å². The van der Waals surface area contributed by atoms with Gasteiger partial charge in [0.1, 0.15) is 5.82 Å². The molecule has 64 valence electrons. The molecule has 1 N–H and O–H groups in total. The van der Waals surface area contributed by atoms with Crippen molar-refractivity contribution in [3.05, 3.63) is 5.82 Å². The standard InChI is InChI=1S/C8H12N4/c1-5(2)10-8-7(9-4)11-6(3)12-8/h4H2,1-3H3,(H,11,12). The van der Waals surface area contributed by atoms with Crippen LogP contribution in [-0.2, 0) is 0 Å². The van der Waals surface area contributed by atoms with E-state index in [0.717, 1.165) is 11.5 Å². The third kappa shape index (κ3) is 1.78. The minimum absolute atomic E-state index is 0.564. The first-order valence-corrected chi connectivity index (χ1v) is 3.68. The normalized spacial score (nSPS) is 9.58. The zero-order valence-corrected chi connectivity index (χ0v) is 7.55. The summed E-state index contributed by atoms with van der Waals surface area (Å²) in [6.45, 7) is 9.11. The molecular weight excluding hydrogens is 152 g/mol. The molecule has 4 heteroatoms. The van der Waals surface area contributed by atoms with E-state index in [1.807, 2.05) is 20.8 Å². The van der Waals surface area contributed by atoms with Crippen LogP contribution in [0.5, 0.6) is 0 Å². The predicted octanol–water partition coefficient (Wildman–Crippen LogP) is 2.16. The van der Waals surface area contributed by atoms with Crippen LogP contribution in [0.25, 0.3) is 0 Å². The first-order valence-electron chi connectivity index (χ1n) is 3.68. The average Bonchev–Trinajstić information content (AvgIpc) is 2.29. The number of hydrogen-bond donors (Lipinski definition) is 1. The molecule has 4 nitrogen and oxygen atoms in total. The van der Waals surface area contributed by atoms with Gasteiger partial charge in [-0.2, -0.15) is 0 Å². The van der Waals surface area contributed by atoms with Crippen molar-refractivity contribution in [1.82, 2.24) is 9.97 Å². The van der Waals surface area contributed by atoms with Crippen LogP contribution in [-0.4, -0.2) is 22.4 Å². The molecule has 1 rings (SSSR count). The number of rotatable bonds is 2. The molecular formula is C8H12N4. The smallest absolute Gasteiger partial charge is 0.196 e. The first kappa shape index (κ1) is 8.64. The van der Waals surface area contributed by atoms with Gasteiger partial charge in [0, 0.05) is 5.71 Å². The molecule has 12 heavy (non-hydrogen) atoms. The Balaban J connectivity index is 3.13. The second-order valence-electron chi connectivity index (χ2n) is 2.71. The Kier molecular flexibility index (Phi) is 2.38. The molecule has 0 aliphatic carbocycles. The van der Waals surface area contributed by atoms with Crippen molar-refractivity contribution in [2.75, 3.05) is 0 Å². The van der Waals surface area contributed by atoms with E-state index in [1.165, 1.54) is 0 Å². The van der Waals surface area contributed by atoms with Gasteiger partial charge in [-0.15, -0.1) is 0 Å². The van der Waals surface area contributed by atoms with Crippen LogP contribution in [0.15, 0.2) is 9.98 Å². The lowest BCUT2D eigenvalue weighted by atomic mass is 10.5. The van der Waals surface area contributed by atoms with Crippen LogP contribution >= 0.6 is 0 Å². The molecule has 1 aromatic rings. The quantitative estimate of drug-likeness (QED) is 0.669. The van der Waals surface area contributed by atoms with Gasteiger partial charge in [-0.25, -0.2) is 15.0 Å². The van der Waals surface area contributed by atoms with Gasteiger partial charge in [0.05, 0.1) is 0 Å². The van der Waals surface area contributed by atoms with E-state index in [0.29, 0.717) is 11.6 Å². The Morgan fingerprint density at radius 2 is 2.17 bits per heavy atom. The molecule has 0 aromatic carbocycles. The maximum absolute atomic E-state index is 4.22. The molecule has 0 amide bonds. The molecule has 0 bridgehead atoms. The van der Waals surface area contributed by atoms with Crippen LogP contribution in [0, 0.1) is 6.92 Å². The molecule has 0 atom stereocenters. The number of H-pyrrole nitrogens is 1. The third-order valence-electron chi connectivity index (χ3n) is 1.27. The third-order valence-corrected chi connectivity index (χ3v) is 1.27. The summed E-state index contributed by atoms with van der Waals surface area (Å²) in [6, 6.07) is 0. The second kappa shape index (κ2) is 3.30. The Hall–Kier alpha value is -1.45. The van der Waals surface area contributed by atoms with Crippen LogP contribution < -0.4 is 0 Å². The molecule has 0 fully saturated rings. The second-order valence-corrected chi connectivity index (χ2v) is 2.71. The number of aromatic amines is 1. The maximum atomic E-state index is 4.22. The topological polar surface area (TPSA) is 53.4 Å². The summed E-state index contributed by atoms with van der Waals surface area (Å²) >= 11 is 0. The maximum Gasteiger partial charge on any atom is 0.196 e. The Bertz CT molecular complexity index is 318. The van der Waals surface area contributed by atoms with Crippen molar-refractivity contribution in [2.45, 2.75) is 20.8 Å². The number of imidazole rings is 1. The number of aromatic nitrogens is 2. The van der Waals surface area contributed by atoms with Crippen molar-refractivity contribution in [3.63, 3.8) is 0 Å². The lowest BCUT2D eigenvalue weighted by molar-refractivity contribution is 1.14. The van der Waals surface area contributed by atoms with Gasteiger partial charge in [-0.05, 0) is 27.5 Å². The molecule has 0 aliphatic rings. The number of nitrogens with zero attached hydrogens (tertiary/aromatic N) is 3. The molecule has 1 heterocycles. The van der Waals surface area contributed by atoms with Gasteiger partial charge in [0.2, 0.25) is 0 Å². The minimum atomic E-state index is 0.564. The van der Waals surface area contributed by atoms with Gasteiger partial charge in [0.15, 0.2) is 11.6 Å². The highest BCUT2D eigenvalue weighted by Crippen LogP contribution is 2.23. The fraction of sp³-hybridized carbons (Fsp3) is 0.375. The summed E-state index contributed by atoms with van der Waals surface area (Å²) in [4.78, 5) is 15.0. The van der Waals surface area contributed by atoms with E-state index in [9.17, 15) is 0 Å². The van der Waals surface area contributed by atoms with Crippen molar-refractivity contribution < 1.29 is 0 Å². The minimum Gasteiger partial charge on any atom is -0.325 e. The van der Waals surface area contributed by atoms with Crippen LogP contribution in [0.3, 0.4) is 0 Å². The first-order chi connectivity index (χ1) is 5.63. The van der Waals surface area contributed by atoms with Gasteiger partial charge >= 0.3 is 0 Å². The molecule has 0 radical (unpaired) electrons. The highest BCUT2D eigenvalue weighted by atomic mass is 15.1. The highest BCUT2D eigenvalue weighted by molar-refractivity contribution is 5.82. The molecule has 0 saturated carbocycles. The van der Waals surface area contributed by atoms with Crippen LogP contribution in [0.1, 0.15) is 19.7 Å². The van der Waals surface area contributed by atoms with Crippen molar-refractivity contribution in [1.29, 1.82) is 0 Å². The average molecular weight is 164 g/mol. The summed E-state index contributed by atoms with van der Waals surface area (Å²) in [6.07, 6.45) is 0. The Labute approximate surface area is 71.5 Å². The van der Waals surface area contributed by atoms with Crippen molar-refractivity contribution >= 4 is 24.1 Å². The van der Waals surface area contributed by atoms with Gasteiger partial charge < -0.3 is 4.98 Å².